The second kappa shape index (κ2) is 21.1. The average molecular weight is 409 g/mol. The molecule has 0 aromatic carbocycles. The van der Waals surface area contributed by atoms with Crippen LogP contribution in [0.25, 0.3) is 0 Å². The summed E-state index contributed by atoms with van der Waals surface area (Å²) in [4.78, 5) is 22.7. The van der Waals surface area contributed by atoms with Gasteiger partial charge in [0.05, 0.1) is 0 Å². The van der Waals surface area contributed by atoms with Gasteiger partial charge in [0.2, 0.25) is 0 Å². The minimum absolute atomic E-state index is 0.120. The van der Waals surface area contributed by atoms with Crippen molar-refractivity contribution in [3.8, 4) is 0 Å². The molecule has 0 radical (unpaired) electrons. The number of rotatable bonds is 20. The van der Waals surface area contributed by atoms with Crippen LogP contribution in [0.5, 0.6) is 0 Å². The lowest BCUT2D eigenvalue weighted by Gasteiger charge is -2.17. The highest BCUT2D eigenvalue weighted by Gasteiger charge is 2.14. The fourth-order valence-electron chi connectivity index (χ4n) is 3.16. The van der Waals surface area contributed by atoms with Crippen LogP contribution in [0.4, 0.5) is 0 Å². The van der Waals surface area contributed by atoms with Gasteiger partial charge in [0.25, 0.3) is 0 Å². The first kappa shape index (κ1) is 27.4. The number of carbonyl (C=O) groups excluding carboxylic acids is 1. The number of aliphatic carboxylic acids is 1. The number of carboxylic acids is 1. The Hall–Kier alpha value is -1.58. The molecule has 0 saturated heterocycles. The zero-order valence-corrected chi connectivity index (χ0v) is 18.9. The number of carboxylic acid groups (broad SMARTS) is 1. The van der Waals surface area contributed by atoms with Crippen LogP contribution >= 0.6 is 0 Å². The van der Waals surface area contributed by atoms with E-state index in [0.29, 0.717) is 19.3 Å². The lowest BCUT2D eigenvalue weighted by atomic mass is 10.1. The monoisotopic (exact) mass is 408 g/mol. The standard InChI is InChI=1S/C25H44O4/c1-3-5-7-8-9-10-11-12-13-14-15-16-17-22-25(28)29-23(19-6-4-2)20-18-21-24(26)27/h7-8,10-11,23H,3-6,9,12-22H2,1-2H3,(H,26,27)/b8-7-,11-10-. The molecule has 0 aliphatic carbocycles. The van der Waals surface area contributed by atoms with Gasteiger partial charge in [-0.1, -0.05) is 76.7 Å². The van der Waals surface area contributed by atoms with E-state index >= 15 is 0 Å². The van der Waals surface area contributed by atoms with Crippen molar-refractivity contribution in [2.45, 2.75) is 123 Å². The van der Waals surface area contributed by atoms with Crippen LogP contribution in [0.1, 0.15) is 117 Å². The molecule has 0 heterocycles. The first-order valence-electron chi connectivity index (χ1n) is 11.8. The summed E-state index contributed by atoms with van der Waals surface area (Å²) in [5.74, 6) is -0.912. The Bertz CT molecular complexity index is 454. The maximum atomic E-state index is 12.1. The van der Waals surface area contributed by atoms with Crippen LogP contribution in [0.15, 0.2) is 24.3 Å². The largest absolute Gasteiger partial charge is 0.481 e. The maximum absolute atomic E-state index is 12.1. The molecule has 0 saturated carbocycles. The van der Waals surface area contributed by atoms with Crippen LogP contribution in [0.2, 0.25) is 0 Å². The summed E-state index contributed by atoms with van der Waals surface area (Å²) in [7, 11) is 0. The van der Waals surface area contributed by atoms with Gasteiger partial charge in [0.1, 0.15) is 6.10 Å². The molecule has 1 atom stereocenters. The zero-order valence-electron chi connectivity index (χ0n) is 18.9. The van der Waals surface area contributed by atoms with E-state index in [4.69, 9.17) is 9.84 Å². The molecule has 1 unspecified atom stereocenters. The van der Waals surface area contributed by atoms with Crippen LogP contribution in [0.3, 0.4) is 0 Å². The van der Waals surface area contributed by atoms with Crippen LogP contribution in [0, 0.1) is 0 Å². The molecular formula is C25H44O4. The summed E-state index contributed by atoms with van der Waals surface area (Å²) in [6, 6.07) is 0. The molecule has 0 aromatic heterocycles. The van der Waals surface area contributed by atoms with Crippen LogP contribution in [-0.4, -0.2) is 23.1 Å². The van der Waals surface area contributed by atoms with Crippen LogP contribution in [-0.2, 0) is 14.3 Å². The fourth-order valence-corrected chi connectivity index (χ4v) is 3.16. The Morgan fingerprint density at radius 1 is 0.759 bits per heavy atom. The van der Waals surface area contributed by atoms with Gasteiger partial charge in [0, 0.05) is 12.8 Å². The lowest BCUT2D eigenvalue weighted by molar-refractivity contribution is -0.150. The Balaban J connectivity index is 3.71. The van der Waals surface area contributed by atoms with Crippen molar-refractivity contribution >= 4 is 11.9 Å². The van der Waals surface area contributed by atoms with Crippen molar-refractivity contribution < 1.29 is 19.4 Å². The summed E-state index contributed by atoms with van der Waals surface area (Å²) in [5, 5.41) is 8.76. The smallest absolute Gasteiger partial charge is 0.306 e. The quantitative estimate of drug-likeness (QED) is 0.130. The highest BCUT2D eigenvalue weighted by Crippen LogP contribution is 2.15. The van der Waals surface area contributed by atoms with Crippen molar-refractivity contribution in [3.63, 3.8) is 0 Å². The number of ether oxygens (including phenoxy) is 1. The fraction of sp³-hybridized carbons (Fsp3) is 0.760. The van der Waals surface area contributed by atoms with Gasteiger partial charge in [0.15, 0.2) is 0 Å². The van der Waals surface area contributed by atoms with E-state index in [-0.39, 0.29) is 18.5 Å². The molecule has 0 aliphatic rings. The molecule has 29 heavy (non-hydrogen) atoms. The van der Waals surface area contributed by atoms with E-state index in [1.165, 1.54) is 25.7 Å². The average Bonchev–Trinajstić information content (AvgIpc) is 2.69. The predicted molar refractivity (Wildman–Crippen MR) is 121 cm³/mol. The van der Waals surface area contributed by atoms with Gasteiger partial charge in [-0.3, -0.25) is 9.59 Å². The molecule has 0 fully saturated rings. The molecule has 0 spiro atoms. The Morgan fingerprint density at radius 3 is 2.10 bits per heavy atom. The first-order chi connectivity index (χ1) is 14.1. The molecule has 0 aromatic rings. The minimum atomic E-state index is -0.787. The van der Waals surface area contributed by atoms with E-state index < -0.39 is 5.97 Å². The summed E-state index contributed by atoms with van der Waals surface area (Å²) < 4.78 is 5.59. The van der Waals surface area contributed by atoms with Crippen molar-refractivity contribution in [2.75, 3.05) is 0 Å². The summed E-state index contributed by atoms with van der Waals surface area (Å²) in [6.07, 6.45) is 23.7. The number of carbonyl (C=O) groups is 2. The summed E-state index contributed by atoms with van der Waals surface area (Å²) >= 11 is 0. The number of allylic oxidation sites excluding steroid dienone is 4. The molecule has 0 amide bonds. The molecule has 0 aliphatic heterocycles. The zero-order chi connectivity index (χ0) is 21.6. The highest BCUT2D eigenvalue weighted by atomic mass is 16.5. The van der Waals surface area contributed by atoms with Crippen molar-refractivity contribution in [3.05, 3.63) is 24.3 Å². The Kier molecular flexibility index (Phi) is 20.0. The Labute approximate surface area is 178 Å². The van der Waals surface area contributed by atoms with Gasteiger partial charge in [-0.2, -0.15) is 0 Å². The molecule has 1 N–H and O–H groups in total. The summed E-state index contributed by atoms with van der Waals surface area (Å²) in [5.41, 5.74) is 0. The second-order valence-electron chi connectivity index (χ2n) is 7.81. The van der Waals surface area contributed by atoms with E-state index in [9.17, 15) is 9.59 Å². The topological polar surface area (TPSA) is 63.6 Å². The number of unbranched alkanes of at least 4 members (excludes halogenated alkanes) is 7. The molecule has 0 bridgehead atoms. The van der Waals surface area contributed by atoms with E-state index in [0.717, 1.165) is 51.4 Å². The molecule has 4 nitrogen and oxygen atoms in total. The second-order valence-corrected chi connectivity index (χ2v) is 7.81. The number of esters is 1. The normalized spacial score (nSPS) is 12.6. The maximum Gasteiger partial charge on any atom is 0.306 e. The number of hydrogen-bond acceptors (Lipinski definition) is 3. The third-order valence-electron chi connectivity index (χ3n) is 4.91. The predicted octanol–water partition coefficient (Wildman–Crippen LogP) is 7.38. The van der Waals surface area contributed by atoms with Gasteiger partial charge in [-0.25, -0.2) is 0 Å². The van der Waals surface area contributed by atoms with Crippen molar-refractivity contribution in [2.24, 2.45) is 0 Å². The van der Waals surface area contributed by atoms with Crippen LogP contribution < -0.4 is 0 Å². The SMILES string of the molecule is CCC/C=C\C/C=C\CCCCCCCC(=O)OC(CCCC)CCCC(=O)O. The third-order valence-corrected chi connectivity index (χ3v) is 4.91. The Morgan fingerprint density at radius 2 is 1.41 bits per heavy atom. The van der Waals surface area contributed by atoms with Gasteiger partial charge in [-0.05, 0) is 51.4 Å². The molecule has 4 heteroatoms. The van der Waals surface area contributed by atoms with Gasteiger partial charge >= 0.3 is 11.9 Å². The molecule has 0 rings (SSSR count). The number of hydrogen-bond donors (Lipinski definition) is 1. The lowest BCUT2D eigenvalue weighted by Crippen LogP contribution is -2.18. The highest BCUT2D eigenvalue weighted by molar-refractivity contribution is 5.69. The molecular weight excluding hydrogens is 364 g/mol. The van der Waals surface area contributed by atoms with E-state index in [1.807, 2.05) is 0 Å². The van der Waals surface area contributed by atoms with Crippen molar-refractivity contribution in [1.29, 1.82) is 0 Å². The van der Waals surface area contributed by atoms with Gasteiger partial charge < -0.3 is 9.84 Å². The minimum Gasteiger partial charge on any atom is -0.481 e. The first-order valence-corrected chi connectivity index (χ1v) is 11.8. The van der Waals surface area contributed by atoms with Crippen molar-refractivity contribution in [1.82, 2.24) is 0 Å². The molecule has 168 valence electrons. The van der Waals surface area contributed by atoms with Gasteiger partial charge in [-0.15, -0.1) is 0 Å². The van der Waals surface area contributed by atoms with E-state index in [1.54, 1.807) is 0 Å². The summed E-state index contributed by atoms with van der Waals surface area (Å²) in [6.45, 7) is 4.30. The third kappa shape index (κ3) is 21.0. The van der Waals surface area contributed by atoms with E-state index in [2.05, 4.69) is 38.2 Å².